The van der Waals surface area contributed by atoms with Gasteiger partial charge in [-0.05, 0) is 49.2 Å². The van der Waals surface area contributed by atoms with Crippen LogP contribution in [0.5, 0.6) is 0 Å². The number of esters is 1. The molecule has 9 nitrogen and oxygen atoms in total. The predicted molar refractivity (Wildman–Crippen MR) is 114 cm³/mol. The van der Waals surface area contributed by atoms with E-state index in [2.05, 4.69) is 10.0 Å². The first kappa shape index (κ1) is 23.7. The summed E-state index contributed by atoms with van der Waals surface area (Å²) >= 11 is 0. The zero-order valence-electron chi connectivity index (χ0n) is 17.0. The molecule has 2 aromatic carbocycles. The third-order valence-corrected chi connectivity index (χ3v) is 8.01. The summed E-state index contributed by atoms with van der Waals surface area (Å²) in [6.07, 6.45) is 0.301. The van der Waals surface area contributed by atoms with Crippen LogP contribution in [-0.4, -0.2) is 52.9 Å². The number of ether oxygens (including phenoxy) is 1. The Morgan fingerprint density at radius 3 is 2.62 bits per heavy atom. The highest BCUT2D eigenvalue weighted by Gasteiger charge is 2.29. The van der Waals surface area contributed by atoms with Crippen molar-refractivity contribution < 1.29 is 35.6 Å². The van der Waals surface area contributed by atoms with Crippen molar-refractivity contribution in [2.75, 3.05) is 22.8 Å². The lowest BCUT2D eigenvalue weighted by Crippen LogP contribution is -2.38. The molecule has 0 bridgehead atoms. The number of aryl methyl sites for hydroxylation is 1. The molecular formula is C20H21FN2O7S2. The summed E-state index contributed by atoms with van der Waals surface area (Å²) in [5.41, 5.74) is 0.372. The van der Waals surface area contributed by atoms with E-state index in [-0.39, 0.29) is 27.7 Å². The van der Waals surface area contributed by atoms with Crippen molar-refractivity contribution in [3.63, 3.8) is 0 Å². The van der Waals surface area contributed by atoms with E-state index in [1.54, 1.807) is 0 Å². The first-order valence-corrected chi connectivity index (χ1v) is 12.8. The van der Waals surface area contributed by atoms with Crippen molar-refractivity contribution in [2.24, 2.45) is 0 Å². The SMILES string of the molecule is Cc1ccc(F)cc1S(=O)(=O)Nc1cccc(C(=O)OCC(=O)N[C@H]2CCS(=O)(=O)C2)c1. The molecule has 172 valence electrons. The maximum Gasteiger partial charge on any atom is 0.338 e. The maximum atomic E-state index is 13.5. The number of halogens is 1. The van der Waals surface area contributed by atoms with Crippen LogP contribution in [0.25, 0.3) is 0 Å². The molecule has 0 unspecified atom stereocenters. The van der Waals surface area contributed by atoms with Crippen molar-refractivity contribution >= 4 is 37.4 Å². The highest BCUT2D eigenvalue weighted by Crippen LogP contribution is 2.21. The van der Waals surface area contributed by atoms with E-state index >= 15 is 0 Å². The Morgan fingerprint density at radius 2 is 1.94 bits per heavy atom. The van der Waals surface area contributed by atoms with Gasteiger partial charge < -0.3 is 10.1 Å². The second kappa shape index (κ2) is 9.25. The van der Waals surface area contributed by atoms with E-state index in [0.717, 1.165) is 12.1 Å². The average molecular weight is 485 g/mol. The Labute approximate surface area is 184 Å². The monoisotopic (exact) mass is 484 g/mol. The largest absolute Gasteiger partial charge is 0.452 e. The van der Waals surface area contributed by atoms with Crippen LogP contribution in [0, 0.1) is 12.7 Å². The Kier molecular flexibility index (Phi) is 6.84. The molecule has 0 saturated carbocycles. The minimum absolute atomic E-state index is 0.00438. The van der Waals surface area contributed by atoms with Crippen molar-refractivity contribution in [1.29, 1.82) is 0 Å². The first-order valence-electron chi connectivity index (χ1n) is 9.51. The molecule has 32 heavy (non-hydrogen) atoms. The summed E-state index contributed by atoms with van der Waals surface area (Å²) in [5, 5.41) is 2.49. The van der Waals surface area contributed by atoms with E-state index in [1.165, 1.54) is 37.3 Å². The number of amides is 1. The summed E-state index contributed by atoms with van der Waals surface area (Å²) in [6, 6.07) is 8.26. The molecule has 1 atom stereocenters. The Hall–Kier alpha value is -2.99. The van der Waals surface area contributed by atoms with Crippen LogP contribution in [0.15, 0.2) is 47.4 Å². The third kappa shape index (κ3) is 6.04. The van der Waals surface area contributed by atoms with Crippen LogP contribution >= 0.6 is 0 Å². The lowest BCUT2D eigenvalue weighted by atomic mass is 10.2. The number of carbonyl (C=O) groups is 2. The van der Waals surface area contributed by atoms with Crippen molar-refractivity contribution in [3.05, 3.63) is 59.4 Å². The fourth-order valence-electron chi connectivity index (χ4n) is 3.18. The quantitative estimate of drug-likeness (QED) is 0.567. The summed E-state index contributed by atoms with van der Waals surface area (Å²) in [7, 11) is -7.27. The number of sulfone groups is 1. The standard InChI is InChI=1S/C20H21FN2O7S2/c1-13-5-6-15(21)10-18(13)32(28,29)23-16-4-2-3-14(9-16)20(25)30-11-19(24)22-17-7-8-31(26,27)12-17/h2-6,9-10,17,23H,7-8,11-12H2,1H3,(H,22,24)/t17-/m0/s1. The van der Waals surface area contributed by atoms with Gasteiger partial charge in [-0.3, -0.25) is 9.52 Å². The number of carbonyl (C=O) groups excluding carboxylic acids is 2. The number of rotatable bonds is 7. The van der Waals surface area contributed by atoms with Gasteiger partial charge in [-0.1, -0.05) is 12.1 Å². The fourth-order valence-corrected chi connectivity index (χ4v) is 6.16. The van der Waals surface area contributed by atoms with Crippen molar-refractivity contribution in [2.45, 2.75) is 24.3 Å². The van der Waals surface area contributed by atoms with Crippen LogP contribution in [-0.2, 0) is 29.4 Å². The molecule has 12 heteroatoms. The number of anilines is 1. The third-order valence-electron chi connectivity index (χ3n) is 4.72. The predicted octanol–water partition coefficient (Wildman–Crippen LogP) is 1.40. The molecule has 1 aliphatic heterocycles. The minimum Gasteiger partial charge on any atom is -0.452 e. The van der Waals surface area contributed by atoms with Gasteiger partial charge >= 0.3 is 5.97 Å². The van der Waals surface area contributed by atoms with E-state index in [0.29, 0.717) is 12.0 Å². The van der Waals surface area contributed by atoms with E-state index in [1.807, 2.05) is 0 Å². The van der Waals surface area contributed by atoms with Crippen LogP contribution in [0.1, 0.15) is 22.3 Å². The highest BCUT2D eigenvalue weighted by atomic mass is 32.2. The Balaban J connectivity index is 1.62. The number of benzene rings is 2. The molecule has 1 aliphatic rings. The second-order valence-corrected chi connectivity index (χ2v) is 11.2. The highest BCUT2D eigenvalue weighted by molar-refractivity contribution is 7.92. The number of sulfonamides is 1. The molecule has 2 N–H and O–H groups in total. The van der Waals surface area contributed by atoms with Gasteiger partial charge in [-0.2, -0.15) is 0 Å². The van der Waals surface area contributed by atoms with Crippen LogP contribution in [0.3, 0.4) is 0 Å². The summed E-state index contributed by atoms with van der Waals surface area (Å²) in [4.78, 5) is 23.9. The lowest BCUT2D eigenvalue weighted by Gasteiger charge is -2.12. The first-order chi connectivity index (χ1) is 14.9. The molecule has 1 saturated heterocycles. The van der Waals surface area contributed by atoms with Gasteiger partial charge in [0.25, 0.3) is 15.9 Å². The molecule has 0 radical (unpaired) electrons. The fraction of sp³-hybridized carbons (Fsp3) is 0.300. The molecule has 0 spiro atoms. The second-order valence-electron chi connectivity index (χ2n) is 7.34. The summed E-state index contributed by atoms with van der Waals surface area (Å²) < 4.78 is 68.7. The molecule has 0 aliphatic carbocycles. The molecule has 1 amide bonds. The molecular weight excluding hydrogens is 463 g/mol. The van der Waals surface area contributed by atoms with Gasteiger partial charge in [0.05, 0.1) is 22.0 Å². The molecule has 1 fully saturated rings. The Bertz CT molecular complexity index is 1260. The zero-order valence-corrected chi connectivity index (χ0v) is 18.6. The normalized spacial score (nSPS) is 17.5. The van der Waals surface area contributed by atoms with Crippen LogP contribution < -0.4 is 10.0 Å². The average Bonchev–Trinajstić information content (AvgIpc) is 3.05. The Morgan fingerprint density at radius 1 is 1.19 bits per heavy atom. The zero-order chi connectivity index (χ0) is 23.5. The molecule has 3 rings (SSSR count). The van der Waals surface area contributed by atoms with E-state index < -0.39 is 50.2 Å². The van der Waals surface area contributed by atoms with Gasteiger partial charge in [0, 0.05) is 11.7 Å². The van der Waals surface area contributed by atoms with Crippen molar-refractivity contribution in [1.82, 2.24) is 5.32 Å². The van der Waals surface area contributed by atoms with Crippen LogP contribution in [0.4, 0.5) is 10.1 Å². The smallest absolute Gasteiger partial charge is 0.338 e. The summed E-state index contributed by atoms with van der Waals surface area (Å²) in [6.45, 7) is 0.904. The van der Waals surface area contributed by atoms with E-state index in [4.69, 9.17) is 4.74 Å². The van der Waals surface area contributed by atoms with Gasteiger partial charge in [0.15, 0.2) is 16.4 Å². The lowest BCUT2D eigenvalue weighted by molar-refractivity contribution is -0.124. The van der Waals surface area contributed by atoms with Gasteiger partial charge in [-0.15, -0.1) is 0 Å². The van der Waals surface area contributed by atoms with Gasteiger partial charge in [-0.25, -0.2) is 26.0 Å². The number of hydrogen-bond donors (Lipinski definition) is 2. The molecule has 0 aromatic heterocycles. The van der Waals surface area contributed by atoms with Gasteiger partial charge in [0.2, 0.25) is 0 Å². The van der Waals surface area contributed by atoms with Crippen LogP contribution in [0.2, 0.25) is 0 Å². The number of hydrogen-bond acceptors (Lipinski definition) is 7. The van der Waals surface area contributed by atoms with E-state index in [9.17, 15) is 30.8 Å². The topological polar surface area (TPSA) is 136 Å². The molecule has 2 aromatic rings. The van der Waals surface area contributed by atoms with Crippen molar-refractivity contribution in [3.8, 4) is 0 Å². The van der Waals surface area contributed by atoms with Gasteiger partial charge in [0.1, 0.15) is 5.82 Å². The minimum atomic E-state index is -4.11. The summed E-state index contributed by atoms with van der Waals surface area (Å²) in [5.74, 6) is -2.38. The molecule has 1 heterocycles. The number of nitrogens with one attached hydrogen (secondary N) is 2. The maximum absolute atomic E-state index is 13.5.